The summed E-state index contributed by atoms with van der Waals surface area (Å²) in [4.78, 5) is 4.06. The van der Waals surface area contributed by atoms with Gasteiger partial charge in [0.25, 0.3) is 0 Å². The minimum Gasteiger partial charge on any atom is -0.265 e. The summed E-state index contributed by atoms with van der Waals surface area (Å²) < 4.78 is 0. The molecule has 1 aromatic heterocycles. The lowest BCUT2D eigenvalue weighted by Crippen LogP contribution is -2.04. The number of benzene rings is 1. The predicted octanol–water partition coefficient (Wildman–Crippen LogP) is 5.78. The van der Waals surface area contributed by atoms with E-state index >= 15 is 0 Å². The summed E-state index contributed by atoms with van der Waals surface area (Å²) in [5, 5.41) is 0. The average Bonchev–Trinajstić information content (AvgIpc) is 2.59. The van der Waals surface area contributed by atoms with Gasteiger partial charge in [-0.15, -0.1) is 0 Å². The van der Waals surface area contributed by atoms with Gasteiger partial charge < -0.3 is 0 Å². The zero-order valence-corrected chi connectivity index (χ0v) is 14.1. The first-order valence-corrected chi connectivity index (χ1v) is 8.54. The minimum absolute atomic E-state index is 0.944. The quantitative estimate of drug-likeness (QED) is 0.682. The van der Waals surface area contributed by atoms with Gasteiger partial charge in [-0.25, -0.2) is 0 Å². The van der Waals surface area contributed by atoms with Gasteiger partial charge in [-0.05, 0) is 96.5 Å². The average molecular weight is 303 g/mol. The number of hydrogen-bond donors (Lipinski definition) is 0. The highest BCUT2D eigenvalue weighted by molar-refractivity contribution is 5.71. The Morgan fingerprint density at radius 2 is 1.57 bits per heavy atom. The zero-order valence-electron chi connectivity index (χ0n) is 14.1. The van der Waals surface area contributed by atoms with Crippen LogP contribution in [0.3, 0.4) is 0 Å². The fourth-order valence-corrected chi connectivity index (χ4v) is 3.46. The Morgan fingerprint density at radius 1 is 0.957 bits per heavy atom. The molecular weight excluding hydrogens is 278 g/mol. The first kappa shape index (κ1) is 15.7. The first-order valence-electron chi connectivity index (χ1n) is 8.54. The first-order chi connectivity index (χ1) is 11.1. The monoisotopic (exact) mass is 303 g/mol. The largest absolute Gasteiger partial charge is 0.265 e. The van der Waals surface area contributed by atoms with Crippen molar-refractivity contribution in [2.24, 2.45) is 0 Å². The number of pyridine rings is 1. The number of rotatable bonds is 5. The van der Waals surface area contributed by atoms with Crippen LogP contribution in [0.15, 0.2) is 49.8 Å². The van der Waals surface area contributed by atoms with Crippen molar-refractivity contribution in [2.75, 3.05) is 0 Å². The van der Waals surface area contributed by atoms with E-state index < -0.39 is 0 Å². The molecule has 0 spiro atoms. The SMILES string of the molecule is C=C(CCC(=C)c1cc2c(cc1C)CCCC2)c1ccncc1. The fraction of sp³-hybridized carbons (Fsp3) is 0.318. The summed E-state index contributed by atoms with van der Waals surface area (Å²) in [6, 6.07) is 8.82. The molecule has 0 atom stereocenters. The smallest absolute Gasteiger partial charge is 0.0273 e. The second-order valence-corrected chi connectivity index (χ2v) is 6.59. The molecule has 0 radical (unpaired) electrons. The Hall–Kier alpha value is -2.15. The summed E-state index contributed by atoms with van der Waals surface area (Å²) in [7, 11) is 0. The van der Waals surface area contributed by atoms with Gasteiger partial charge in [0.05, 0.1) is 0 Å². The van der Waals surface area contributed by atoms with E-state index in [-0.39, 0.29) is 0 Å². The highest BCUT2D eigenvalue weighted by atomic mass is 14.6. The van der Waals surface area contributed by atoms with Gasteiger partial charge in [-0.1, -0.05) is 25.3 Å². The van der Waals surface area contributed by atoms with Crippen LogP contribution < -0.4 is 0 Å². The van der Waals surface area contributed by atoms with Crippen molar-refractivity contribution in [1.82, 2.24) is 4.98 Å². The van der Waals surface area contributed by atoms with Crippen molar-refractivity contribution in [3.63, 3.8) is 0 Å². The molecule has 1 aliphatic rings. The van der Waals surface area contributed by atoms with Crippen LogP contribution >= 0.6 is 0 Å². The number of nitrogens with zero attached hydrogens (tertiary/aromatic N) is 1. The molecule has 118 valence electrons. The van der Waals surface area contributed by atoms with Crippen LogP contribution in [0.25, 0.3) is 11.1 Å². The molecule has 0 saturated heterocycles. The van der Waals surface area contributed by atoms with Gasteiger partial charge >= 0.3 is 0 Å². The molecular formula is C22H25N. The molecule has 0 fully saturated rings. The van der Waals surface area contributed by atoms with Gasteiger partial charge in [0.1, 0.15) is 0 Å². The summed E-state index contributed by atoms with van der Waals surface area (Å²) >= 11 is 0. The molecule has 1 aromatic carbocycles. The second kappa shape index (κ2) is 6.95. The highest BCUT2D eigenvalue weighted by Crippen LogP contribution is 2.31. The third kappa shape index (κ3) is 3.61. The van der Waals surface area contributed by atoms with Crippen molar-refractivity contribution in [1.29, 1.82) is 0 Å². The normalized spacial score (nSPS) is 13.4. The van der Waals surface area contributed by atoms with E-state index in [0.717, 1.165) is 18.4 Å². The molecule has 3 rings (SSSR count). The molecule has 1 nitrogen and oxygen atoms in total. The molecule has 0 N–H and O–H groups in total. The standard InChI is InChI=1S/C22H25N/c1-16(19-10-12-23-13-11-19)8-9-17(2)22-15-21-7-5-4-6-20(21)14-18(22)3/h10-15H,1-2,4-9H2,3H3. The maximum absolute atomic E-state index is 4.35. The highest BCUT2D eigenvalue weighted by Gasteiger charge is 2.13. The number of fused-ring (bicyclic) bond motifs is 1. The molecule has 1 heterocycles. The van der Waals surface area contributed by atoms with Crippen LogP contribution in [0.1, 0.15) is 53.5 Å². The maximum atomic E-state index is 4.35. The summed E-state index contributed by atoms with van der Waals surface area (Å²) in [6.45, 7) is 10.8. The Bertz CT molecular complexity index is 725. The van der Waals surface area contributed by atoms with Gasteiger partial charge in [0.15, 0.2) is 0 Å². The topological polar surface area (TPSA) is 12.9 Å². The Balaban J connectivity index is 1.70. The number of aryl methyl sites for hydroxylation is 3. The van der Waals surface area contributed by atoms with Crippen LogP contribution in [0.4, 0.5) is 0 Å². The van der Waals surface area contributed by atoms with E-state index in [4.69, 9.17) is 0 Å². The molecule has 1 aliphatic carbocycles. The van der Waals surface area contributed by atoms with Crippen LogP contribution in [0, 0.1) is 6.92 Å². The number of hydrogen-bond acceptors (Lipinski definition) is 1. The number of allylic oxidation sites excluding steroid dienone is 2. The maximum Gasteiger partial charge on any atom is 0.0273 e. The van der Waals surface area contributed by atoms with E-state index in [1.807, 2.05) is 24.5 Å². The van der Waals surface area contributed by atoms with Gasteiger partial charge in [0.2, 0.25) is 0 Å². The molecule has 0 bridgehead atoms. The molecule has 0 unspecified atom stereocenters. The Kier molecular flexibility index (Phi) is 4.76. The molecule has 23 heavy (non-hydrogen) atoms. The third-order valence-corrected chi connectivity index (χ3v) is 4.89. The lowest BCUT2D eigenvalue weighted by Gasteiger charge is -2.20. The van der Waals surface area contributed by atoms with Crippen molar-refractivity contribution in [3.8, 4) is 0 Å². The van der Waals surface area contributed by atoms with Gasteiger partial charge in [0, 0.05) is 12.4 Å². The van der Waals surface area contributed by atoms with Crippen LogP contribution in [-0.4, -0.2) is 4.98 Å². The van der Waals surface area contributed by atoms with Crippen LogP contribution in [0.5, 0.6) is 0 Å². The van der Waals surface area contributed by atoms with E-state index in [0.29, 0.717) is 0 Å². The zero-order chi connectivity index (χ0) is 16.2. The van der Waals surface area contributed by atoms with Crippen molar-refractivity contribution in [3.05, 3.63) is 77.6 Å². The molecule has 0 saturated carbocycles. The molecule has 0 amide bonds. The van der Waals surface area contributed by atoms with Crippen molar-refractivity contribution >= 4 is 11.1 Å². The van der Waals surface area contributed by atoms with E-state index in [9.17, 15) is 0 Å². The van der Waals surface area contributed by atoms with Crippen LogP contribution in [0.2, 0.25) is 0 Å². The third-order valence-electron chi connectivity index (χ3n) is 4.89. The summed E-state index contributed by atoms with van der Waals surface area (Å²) in [6.07, 6.45) is 10.7. The van der Waals surface area contributed by atoms with E-state index in [2.05, 4.69) is 37.2 Å². The van der Waals surface area contributed by atoms with Crippen molar-refractivity contribution < 1.29 is 0 Å². The summed E-state index contributed by atoms with van der Waals surface area (Å²) in [5.41, 5.74) is 9.35. The Labute approximate surface area is 139 Å². The van der Waals surface area contributed by atoms with Gasteiger partial charge in [-0.3, -0.25) is 4.98 Å². The number of aromatic nitrogens is 1. The van der Waals surface area contributed by atoms with Crippen LogP contribution in [-0.2, 0) is 12.8 Å². The second-order valence-electron chi connectivity index (χ2n) is 6.59. The molecule has 0 aliphatic heterocycles. The van der Waals surface area contributed by atoms with E-state index in [1.54, 1.807) is 5.56 Å². The van der Waals surface area contributed by atoms with Gasteiger partial charge in [-0.2, -0.15) is 0 Å². The Morgan fingerprint density at radius 3 is 2.26 bits per heavy atom. The lowest BCUT2D eigenvalue weighted by atomic mass is 9.86. The molecule has 1 heteroatoms. The lowest BCUT2D eigenvalue weighted by molar-refractivity contribution is 0.684. The fourth-order valence-electron chi connectivity index (χ4n) is 3.46. The van der Waals surface area contributed by atoms with Crippen molar-refractivity contribution in [2.45, 2.75) is 45.4 Å². The molecule has 2 aromatic rings. The van der Waals surface area contributed by atoms with E-state index in [1.165, 1.54) is 53.5 Å². The predicted molar refractivity (Wildman–Crippen MR) is 99.4 cm³/mol. The summed E-state index contributed by atoms with van der Waals surface area (Å²) in [5.74, 6) is 0. The minimum atomic E-state index is 0.944.